The second-order valence-corrected chi connectivity index (χ2v) is 5.68. The zero-order valence-corrected chi connectivity index (χ0v) is 10.4. The SMILES string of the molecule is CC(C)(C)c1nc(Br)ncc1C1CC1. The summed E-state index contributed by atoms with van der Waals surface area (Å²) in [5, 5.41) is 0. The van der Waals surface area contributed by atoms with Crippen LogP contribution in [0.1, 0.15) is 50.8 Å². The summed E-state index contributed by atoms with van der Waals surface area (Å²) in [6.45, 7) is 6.61. The van der Waals surface area contributed by atoms with E-state index in [-0.39, 0.29) is 5.41 Å². The molecule has 2 nitrogen and oxygen atoms in total. The van der Waals surface area contributed by atoms with Crippen LogP contribution in [0.25, 0.3) is 0 Å². The van der Waals surface area contributed by atoms with Gasteiger partial charge in [-0.1, -0.05) is 20.8 Å². The molecule has 76 valence electrons. The second kappa shape index (κ2) is 3.30. The van der Waals surface area contributed by atoms with E-state index in [1.165, 1.54) is 24.1 Å². The van der Waals surface area contributed by atoms with Gasteiger partial charge in [-0.15, -0.1) is 0 Å². The van der Waals surface area contributed by atoms with E-state index in [0.717, 1.165) is 5.92 Å². The summed E-state index contributed by atoms with van der Waals surface area (Å²) in [5.74, 6) is 0.720. The highest BCUT2D eigenvalue weighted by atomic mass is 79.9. The molecular formula is C11H15BrN2. The number of hydrogen-bond acceptors (Lipinski definition) is 2. The number of aromatic nitrogens is 2. The third-order valence-electron chi connectivity index (χ3n) is 2.52. The lowest BCUT2D eigenvalue weighted by atomic mass is 9.88. The Morgan fingerprint density at radius 3 is 2.50 bits per heavy atom. The number of halogens is 1. The van der Waals surface area contributed by atoms with Crippen molar-refractivity contribution >= 4 is 15.9 Å². The molecule has 1 aliphatic rings. The predicted octanol–water partition coefficient (Wildman–Crippen LogP) is 3.41. The number of nitrogens with zero attached hydrogens (tertiary/aromatic N) is 2. The predicted molar refractivity (Wildman–Crippen MR) is 60.4 cm³/mol. The molecule has 0 radical (unpaired) electrons. The van der Waals surface area contributed by atoms with Crippen LogP contribution in [0.4, 0.5) is 0 Å². The van der Waals surface area contributed by atoms with Crippen molar-refractivity contribution in [1.29, 1.82) is 0 Å². The Balaban J connectivity index is 2.48. The van der Waals surface area contributed by atoms with Gasteiger partial charge in [0.05, 0.1) is 5.69 Å². The number of rotatable bonds is 1. The highest BCUT2D eigenvalue weighted by Crippen LogP contribution is 2.43. The van der Waals surface area contributed by atoms with Gasteiger partial charge in [0.15, 0.2) is 4.73 Å². The van der Waals surface area contributed by atoms with E-state index < -0.39 is 0 Å². The normalized spacial score (nSPS) is 17.1. The Bertz CT molecular complexity index is 351. The van der Waals surface area contributed by atoms with E-state index >= 15 is 0 Å². The fraction of sp³-hybridized carbons (Fsp3) is 0.636. The Kier molecular flexibility index (Phi) is 2.38. The Labute approximate surface area is 93.3 Å². The topological polar surface area (TPSA) is 25.8 Å². The van der Waals surface area contributed by atoms with Gasteiger partial charge < -0.3 is 0 Å². The Morgan fingerprint density at radius 2 is 2.00 bits per heavy atom. The Hall–Kier alpha value is -0.440. The first-order valence-corrected chi connectivity index (χ1v) is 5.80. The minimum atomic E-state index is 0.114. The highest BCUT2D eigenvalue weighted by molar-refractivity contribution is 9.10. The fourth-order valence-corrected chi connectivity index (χ4v) is 1.94. The third kappa shape index (κ3) is 1.97. The molecule has 3 heteroatoms. The van der Waals surface area contributed by atoms with Crippen molar-refractivity contribution in [2.75, 3.05) is 0 Å². The number of hydrogen-bond donors (Lipinski definition) is 0. The van der Waals surface area contributed by atoms with Crippen LogP contribution >= 0.6 is 15.9 Å². The monoisotopic (exact) mass is 254 g/mol. The fourth-order valence-electron chi connectivity index (χ4n) is 1.66. The molecule has 1 aliphatic carbocycles. The lowest BCUT2D eigenvalue weighted by Crippen LogP contribution is -2.17. The lowest BCUT2D eigenvalue weighted by Gasteiger charge is -2.21. The molecule has 1 aromatic heterocycles. The van der Waals surface area contributed by atoms with Crippen molar-refractivity contribution in [1.82, 2.24) is 9.97 Å². The van der Waals surface area contributed by atoms with Crippen LogP contribution in [-0.4, -0.2) is 9.97 Å². The van der Waals surface area contributed by atoms with E-state index in [4.69, 9.17) is 0 Å². The van der Waals surface area contributed by atoms with Gasteiger partial charge in [0.2, 0.25) is 0 Å². The molecule has 0 aliphatic heterocycles. The first-order chi connectivity index (χ1) is 6.48. The molecule has 0 unspecified atom stereocenters. The average molecular weight is 255 g/mol. The van der Waals surface area contributed by atoms with Gasteiger partial charge in [-0.3, -0.25) is 0 Å². The molecule has 14 heavy (non-hydrogen) atoms. The van der Waals surface area contributed by atoms with Crippen LogP contribution in [0.2, 0.25) is 0 Å². The van der Waals surface area contributed by atoms with Gasteiger partial charge in [-0.05, 0) is 40.3 Å². The maximum atomic E-state index is 4.51. The van der Waals surface area contributed by atoms with Crippen LogP contribution < -0.4 is 0 Å². The van der Waals surface area contributed by atoms with Gasteiger partial charge in [-0.2, -0.15) is 0 Å². The van der Waals surface area contributed by atoms with Gasteiger partial charge >= 0.3 is 0 Å². The van der Waals surface area contributed by atoms with E-state index in [1.807, 2.05) is 6.20 Å². The quantitative estimate of drug-likeness (QED) is 0.718. The molecule has 1 aromatic rings. The van der Waals surface area contributed by atoms with E-state index in [9.17, 15) is 0 Å². The molecule has 0 N–H and O–H groups in total. The van der Waals surface area contributed by atoms with Crippen LogP contribution in [-0.2, 0) is 5.41 Å². The smallest absolute Gasteiger partial charge is 0.196 e. The largest absolute Gasteiger partial charge is 0.230 e. The maximum absolute atomic E-state index is 4.51. The van der Waals surface area contributed by atoms with E-state index in [2.05, 4.69) is 46.7 Å². The van der Waals surface area contributed by atoms with Gasteiger partial charge in [0, 0.05) is 11.6 Å². The van der Waals surface area contributed by atoms with Crippen molar-refractivity contribution in [3.8, 4) is 0 Å². The zero-order chi connectivity index (χ0) is 10.3. The van der Waals surface area contributed by atoms with Crippen molar-refractivity contribution in [2.24, 2.45) is 0 Å². The minimum absolute atomic E-state index is 0.114. The third-order valence-corrected chi connectivity index (χ3v) is 2.90. The molecule has 1 heterocycles. The van der Waals surface area contributed by atoms with Crippen LogP contribution in [0.5, 0.6) is 0 Å². The van der Waals surface area contributed by atoms with Crippen LogP contribution in [0.15, 0.2) is 10.9 Å². The highest BCUT2D eigenvalue weighted by Gasteiger charge is 2.31. The summed E-state index contributed by atoms with van der Waals surface area (Å²) in [6.07, 6.45) is 4.58. The van der Waals surface area contributed by atoms with Crippen molar-refractivity contribution < 1.29 is 0 Å². The molecule has 0 atom stereocenters. The standard InChI is InChI=1S/C11H15BrN2/c1-11(2,3)9-8(7-4-5-7)6-13-10(12)14-9/h6-7H,4-5H2,1-3H3. The molecule has 0 aromatic carbocycles. The lowest BCUT2D eigenvalue weighted by molar-refractivity contribution is 0.556. The first kappa shape index (κ1) is 10.1. The molecule has 1 fully saturated rings. The molecule has 0 amide bonds. The van der Waals surface area contributed by atoms with Gasteiger partial charge in [-0.25, -0.2) is 9.97 Å². The summed E-state index contributed by atoms with van der Waals surface area (Å²) >= 11 is 3.34. The summed E-state index contributed by atoms with van der Waals surface area (Å²) in [5.41, 5.74) is 2.66. The van der Waals surface area contributed by atoms with E-state index in [0.29, 0.717) is 4.73 Å². The second-order valence-electron chi connectivity index (χ2n) is 4.97. The molecule has 0 saturated heterocycles. The van der Waals surface area contributed by atoms with Crippen molar-refractivity contribution in [3.63, 3.8) is 0 Å². The first-order valence-electron chi connectivity index (χ1n) is 5.01. The summed E-state index contributed by atoms with van der Waals surface area (Å²) in [7, 11) is 0. The summed E-state index contributed by atoms with van der Waals surface area (Å²) in [4.78, 5) is 8.73. The molecule has 0 spiro atoms. The summed E-state index contributed by atoms with van der Waals surface area (Å²) in [6, 6.07) is 0. The van der Waals surface area contributed by atoms with Crippen molar-refractivity contribution in [3.05, 3.63) is 22.2 Å². The Morgan fingerprint density at radius 1 is 1.36 bits per heavy atom. The molecule has 2 rings (SSSR count). The minimum Gasteiger partial charge on any atom is -0.230 e. The van der Waals surface area contributed by atoms with Crippen LogP contribution in [0, 0.1) is 0 Å². The molecular weight excluding hydrogens is 240 g/mol. The zero-order valence-electron chi connectivity index (χ0n) is 8.84. The van der Waals surface area contributed by atoms with Gasteiger partial charge in [0.1, 0.15) is 0 Å². The van der Waals surface area contributed by atoms with Crippen LogP contribution in [0.3, 0.4) is 0 Å². The summed E-state index contributed by atoms with van der Waals surface area (Å²) < 4.78 is 0.701. The van der Waals surface area contributed by atoms with E-state index in [1.54, 1.807) is 0 Å². The van der Waals surface area contributed by atoms with Gasteiger partial charge in [0.25, 0.3) is 0 Å². The maximum Gasteiger partial charge on any atom is 0.196 e. The molecule has 0 bridgehead atoms. The molecule has 1 saturated carbocycles. The average Bonchev–Trinajstić information content (AvgIpc) is 2.85. The van der Waals surface area contributed by atoms with Crippen molar-refractivity contribution in [2.45, 2.75) is 44.9 Å².